The zero-order valence-electron chi connectivity index (χ0n) is 8.40. The summed E-state index contributed by atoms with van der Waals surface area (Å²) in [5.74, 6) is 0.161. The number of benzene rings is 1. The van der Waals surface area contributed by atoms with E-state index in [1.54, 1.807) is 18.3 Å². The van der Waals surface area contributed by atoms with E-state index >= 15 is 0 Å². The first kappa shape index (κ1) is 10.4. The maximum atomic E-state index is 11.4. The quantitative estimate of drug-likeness (QED) is 0.575. The third-order valence-electron chi connectivity index (χ3n) is 1.57. The average Bonchev–Trinajstić information content (AvgIpc) is 2.18. The van der Waals surface area contributed by atoms with E-state index in [2.05, 4.69) is 10.5 Å². The minimum atomic E-state index is -0.178. The summed E-state index contributed by atoms with van der Waals surface area (Å²) in [5.41, 5.74) is 3.08. The van der Waals surface area contributed by atoms with Crippen LogP contribution < -0.4 is 5.43 Å². The molecule has 0 aliphatic heterocycles. The van der Waals surface area contributed by atoms with Crippen molar-refractivity contribution in [3.63, 3.8) is 0 Å². The summed E-state index contributed by atoms with van der Waals surface area (Å²) in [6.45, 7) is 4.00. The SMILES string of the molecule is CC(C)/C=N\NC(=O)c1ccccc1. The fourth-order valence-corrected chi connectivity index (χ4v) is 0.899. The Labute approximate surface area is 83.8 Å². The third-order valence-corrected chi connectivity index (χ3v) is 1.57. The van der Waals surface area contributed by atoms with Gasteiger partial charge in [0.1, 0.15) is 0 Å². The molecular weight excluding hydrogens is 176 g/mol. The van der Waals surface area contributed by atoms with Crippen molar-refractivity contribution < 1.29 is 4.79 Å². The topological polar surface area (TPSA) is 41.5 Å². The highest BCUT2D eigenvalue weighted by Crippen LogP contribution is 1.97. The van der Waals surface area contributed by atoms with Gasteiger partial charge in [0.2, 0.25) is 0 Å². The molecule has 0 radical (unpaired) electrons. The zero-order chi connectivity index (χ0) is 10.4. The molecule has 0 atom stereocenters. The second kappa shape index (κ2) is 5.17. The monoisotopic (exact) mass is 190 g/mol. The predicted molar refractivity (Wildman–Crippen MR) is 57.2 cm³/mol. The summed E-state index contributed by atoms with van der Waals surface area (Å²) >= 11 is 0. The fourth-order valence-electron chi connectivity index (χ4n) is 0.899. The number of nitrogens with one attached hydrogen (secondary N) is 1. The first-order chi connectivity index (χ1) is 6.70. The van der Waals surface area contributed by atoms with Crippen LogP contribution in [0.4, 0.5) is 0 Å². The standard InChI is InChI=1S/C11H14N2O/c1-9(2)8-12-13-11(14)10-6-4-3-5-7-10/h3-9H,1-2H3,(H,13,14)/b12-8-. The van der Waals surface area contributed by atoms with Gasteiger partial charge in [-0.15, -0.1) is 0 Å². The summed E-state index contributed by atoms with van der Waals surface area (Å²) in [6.07, 6.45) is 1.70. The molecule has 0 aromatic heterocycles. The van der Waals surface area contributed by atoms with Crippen molar-refractivity contribution in [1.29, 1.82) is 0 Å². The van der Waals surface area contributed by atoms with Crippen LogP contribution in [0.25, 0.3) is 0 Å². The predicted octanol–water partition coefficient (Wildman–Crippen LogP) is 2.06. The third kappa shape index (κ3) is 3.39. The van der Waals surface area contributed by atoms with E-state index in [9.17, 15) is 4.79 Å². The highest BCUT2D eigenvalue weighted by atomic mass is 16.2. The molecule has 74 valence electrons. The first-order valence-corrected chi connectivity index (χ1v) is 4.58. The van der Waals surface area contributed by atoms with Crippen LogP contribution in [0.15, 0.2) is 35.4 Å². The number of nitrogens with zero attached hydrogens (tertiary/aromatic N) is 1. The molecule has 0 bridgehead atoms. The Balaban J connectivity index is 2.52. The van der Waals surface area contributed by atoms with Crippen molar-refractivity contribution in [2.45, 2.75) is 13.8 Å². The van der Waals surface area contributed by atoms with Crippen LogP contribution in [-0.2, 0) is 0 Å². The van der Waals surface area contributed by atoms with Gasteiger partial charge < -0.3 is 0 Å². The lowest BCUT2D eigenvalue weighted by molar-refractivity contribution is 0.0955. The molecule has 0 spiro atoms. The molecule has 1 aromatic rings. The Bertz CT molecular complexity index is 317. The lowest BCUT2D eigenvalue weighted by atomic mass is 10.2. The Kier molecular flexibility index (Phi) is 3.85. The van der Waals surface area contributed by atoms with Gasteiger partial charge in [0.25, 0.3) is 5.91 Å². The van der Waals surface area contributed by atoms with Gasteiger partial charge in [0.05, 0.1) is 0 Å². The maximum absolute atomic E-state index is 11.4. The summed E-state index contributed by atoms with van der Waals surface area (Å²) in [4.78, 5) is 11.4. The molecule has 0 heterocycles. The number of rotatable bonds is 3. The van der Waals surface area contributed by atoms with Gasteiger partial charge in [0, 0.05) is 11.8 Å². The second-order valence-electron chi connectivity index (χ2n) is 3.33. The van der Waals surface area contributed by atoms with Gasteiger partial charge in [0.15, 0.2) is 0 Å². The van der Waals surface area contributed by atoms with E-state index in [4.69, 9.17) is 0 Å². The molecule has 0 saturated carbocycles. The van der Waals surface area contributed by atoms with E-state index < -0.39 is 0 Å². The highest BCUT2D eigenvalue weighted by Gasteiger charge is 2.01. The Hall–Kier alpha value is -1.64. The largest absolute Gasteiger partial charge is 0.271 e. The van der Waals surface area contributed by atoms with Gasteiger partial charge in [-0.1, -0.05) is 32.0 Å². The van der Waals surface area contributed by atoms with Crippen LogP contribution in [-0.4, -0.2) is 12.1 Å². The highest BCUT2D eigenvalue weighted by molar-refractivity contribution is 5.94. The van der Waals surface area contributed by atoms with Crippen LogP contribution in [0.3, 0.4) is 0 Å². The second-order valence-corrected chi connectivity index (χ2v) is 3.33. The molecule has 1 N–H and O–H groups in total. The van der Waals surface area contributed by atoms with Crippen LogP contribution in [0, 0.1) is 5.92 Å². The minimum absolute atomic E-state index is 0.178. The number of hydrazone groups is 1. The Morgan fingerprint density at radius 2 is 2.00 bits per heavy atom. The molecular formula is C11H14N2O. The lowest BCUT2D eigenvalue weighted by Gasteiger charge is -1.99. The van der Waals surface area contributed by atoms with Crippen LogP contribution >= 0.6 is 0 Å². The van der Waals surface area contributed by atoms with Gasteiger partial charge >= 0.3 is 0 Å². The molecule has 0 fully saturated rings. The number of amides is 1. The maximum Gasteiger partial charge on any atom is 0.271 e. The van der Waals surface area contributed by atoms with Crippen LogP contribution in [0.5, 0.6) is 0 Å². The number of hydrogen-bond acceptors (Lipinski definition) is 2. The molecule has 1 amide bonds. The number of carbonyl (C=O) groups is 1. The fraction of sp³-hybridized carbons (Fsp3) is 0.273. The summed E-state index contributed by atoms with van der Waals surface area (Å²) in [6, 6.07) is 9.01. The van der Waals surface area contributed by atoms with E-state index in [0.29, 0.717) is 11.5 Å². The van der Waals surface area contributed by atoms with E-state index in [0.717, 1.165) is 0 Å². The number of hydrogen-bond donors (Lipinski definition) is 1. The van der Waals surface area contributed by atoms with Gasteiger partial charge in [-0.2, -0.15) is 5.10 Å². The summed E-state index contributed by atoms with van der Waals surface area (Å²) < 4.78 is 0. The number of carbonyl (C=O) groups excluding carboxylic acids is 1. The molecule has 0 aliphatic carbocycles. The normalized spacial score (nSPS) is 10.8. The molecule has 0 aliphatic rings. The van der Waals surface area contributed by atoms with E-state index in [-0.39, 0.29) is 5.91 Å². The van der Waals surface area contributed by atoms with E-state index in [1.165, 1.54) is 0 Å². The first-order valence-electron chi connectivity index (χ1n) is 4.58. The Morgan fingerprint density at radius 3 is 2.57 bits per heavy atom. The summed E-state index contributed by atoms with van der Waals surface area (Å²) in [7, 11) is 0. The van der Waals surface area contributed by atoms with Crippen molar-refractivity contribution in [3.8, 4) is 0 Å². The van der Waals surface area contributed by atoms with E-state index in [1.807, 2.05) is 32.0 Å². The molecule has 0 saturated heterocycles. The van der Waals surface area contributed by atoms with Crippen LogP contribution in [0.2, 0.25) is 0 Å². The molecule has 1 rings (SSSR count). The molecule has 1 aromatic carbocycles. The van der Waals surface area contributed by atoms with Crippen molar-refractivity contribution in [1.82, 2.24) is 5.43 Å². The Morgan fingerprint density at radius 1 is 1.36 bits per heavy atom. The van der Waals surface area contributed by atoms with Crippen molar-refractivity contribution >= 4 is 12.1 Å². The smallest absolute Gasteiger partial charge is 0.267 e. The molecule has 0 unspecified atom stereocenters. The van der Waals surface area contributed by atoms with Gasteiger partial charge in [-0.05, 0) is 18.1 Å². The zero-order valence-corrected chi connectivity index (χ0v) is 8.40. The van der Waals surface area contributed by atoms with Gasteiger partial charge in [-0.25, -0.2) is 5.43 Å². The lowest BCUT2D eigenvalue weighted by Crippen LogP contribution is -2.17. The molecule has 3 nitrogen and oxygen atoms in total. The van der Waals surface area contributed by atoms with Gasteiger partial charge in [-0.3, -0.25) is 4.79 Å². The van der Waals surface area contributed by atoms with Crippen LogP contribution in [0.1, 0.15) is 24.2 Å². The molecule has 3 heteroatoms. The van der Waals surface area contributed by atoms with Crippen molar-refractivity contribution in [2.24, 2.45) is 11.0 Å². The average molecular weight is 190 g/mol. The molecule has 14 heavy (non-hydrogen) atoms. The van der Waals surface area contributed by atoms with Crippen molar-refractivity contribution in [2.75, 3.05) is 0 Å². The summed E-state index contributed by atoms with van der Waals surface area (Å²) in [5, 5.41) is 3.82. The van der Waals surface area contributed by atoms with Crippen molar-refractivity contribution in [3.05, 3.63) is 35.9 Å². The minimum Gasteiger partial charge on any atom is -0.267 e.